The van der Waals surface area contributed by atoms with Crippen LogP contribution in [0.25, 0.3) is 0 Å². The van der Waals surface area contributed by atoms with Gasteiger partial charge in [-0.05, 0) is 36.4 Å². The normalized spacial score (nSPS) is 11.4. The summed E-state index contributed by atoms with van der Waals surface area (Å²) in [5.74, 6) is 0.662. The van der Waals surface area contributed by atoms with Gasteiger partial charge >= 0.3 is 0 Å². The van der Waals surface area contributed by atoms with Crippen molar-refractivity contribution in [1.29, 1.82) is 0 Å². The third-order valence-electron chi connectivity index (χ3n) is 3.60. The van der Waals surface area contributed by atoms with Gasteiger partial charge in [0.1, 0.15) is 23.3 Å². The first-order valence-corrected chi connectivity index (χ1v) is 9.75. The van der Waals surface area contributed by atoms with E-state index in [0.29, 0.717) is 23.6 Å². The molecule has 0 aliphatic carbocycles. The first kappa shape index (κ1) is 22.6. The number of hydrogen-bond donors (Lipinski definition) is 3. The maximum atomic E-state index is 12.4. The summed E-state index contributed by atoms with van der Waals surface area (Å²) in [5.41, 5.74) is 1.15. The van der Waals surface area contributed by atoms with Gasteiger partial charge < -0.3 is 15.2 Å². The predicted octanol–water partition coefficient (Wildman–Crippen LogP) is 3.44. The van der Waals surface area contributed by atoms with Crippen molar-refractivity contribution in [3.8, 4) is 5.75 Å². The molecule has 5 nitrogen and oxygen atoms in total. The molecule has 0 radical (unpaired) electrons. The first-order chi connectivity index (χ1) is 12.7. The van der Waals surface area contributed by atoms with E-state index in [0.717, 1.165) is 24.9 Å². The number of carbonyl (C=O) groups excluding carboxylic acids is 1. The van der Waals surface area contributed by atoms with E-state index < -0.39 is 6.10 Å². The fraction of sp³-hybridized carbons (Fsp3) is 0.421. The van der Waals surface area contributed by atoms with Crippen LogP contribution in [0.15, 0.2) is 41.8 Å². The lowest BCUT2D eigenvalue weighted by atomic mass is 10.1. The molecule has 1 atom stereocenters. The van der Waals surface area contributed by atoms with Gasteiger partial charge in [0.25, 0.3) is 0 Å². The molecule has 0 spiro atoms. The van der Waals surface area contributed by atoms with Crippen molar-refractivity contribution in [1.82, 2.24) is 5.32 Å². The highest BCUT2D eigenvalue weighted by atomic mass is 35.5. The van der Waals surface area contributed by atoms with Crippen LogP contribution >= 0.6 is 23.2 Å². The summed E-state index contributed by atoms with van der Waals surface area (Å²) >= 11 is 5.03. The molecule has 0 fully saturated rings. The fourth-order valence-electron chi connectivity index (χ4n) is 2.32. The zero-order chi connectivity index (χ0) is 19.2. The second-order valence-corrected chi connectivity index (χ2v) is 6.61. The van der Waals surface area contributed by atoms with Crippen molar-refractivity contribution in [3.05, 3.63) is 52.2 Å². The zero-order valence-corrected chi connectivity index (χ0v) is 16.4. The van der Waals surface area contributed by atoms with Gasteiger partial charge in [-0.2, -0.15) is 0 Å². The molecule has 0 saturated carbocycles. The number of ketones is 1. The van der Waals surface area contributed by atoms with Crippen LogP contribution in [0.3, 0.4) is 0 Å². The third kappa shape index (κ3) is 8.29. The Kier molecular flexibility index (Phi) is 11.9. The van der Waals surface area contributed by atoms with E-state index >= 15 is 0 Å². The highest BCUT2D eigenvalue weighted by Crippen LogP contribution is 2.27. The summed E-state index contributed by atoms with van der Waals surface area (Å²) in [7, 11) is 0. The Balaban J connectivity index is 0.00000163. The van der Waals surface area contributed by atoms with E-state index in [2.05, 4.69) is 24.1 Å². The maximum absolute atomic E-state index is 12.4. The van der Waals surface area contributed by atoms with Crippen molar-refractivity contribution < 1.29 is 19.3 Å². The second-order valence-electron chi connectivity index (χ2n) is 5.69. The number of Topliss-reactive ketones (excluding diaryl/α,β-unsaturated/α-hetero) is 1. The van der Waals surface area contributed by atoms with Gasteiger partial charge in [-0.15, -0.1) is 11.3 Å². The molecule has 0 saturated heterocycles. The minimum atomic E-state index is -0.580. The van der Waals surface area contributed by atoms with E-state index in [9.17, 15) is 9.90 Å². The van der Waals surface area contributed by atoms with E-state index in [1.165, 1.54) is 11.3 Å². The Morgan fingerprint density at radius 3 is 2.69 bits per heavy atom. The average molecular weight is 400 g/mol. The Bertz CT molecular complexity index is 621. The van der Waals surface area contributed by atoms with E-state index in [4.69, 9.17) is 9.40 Å². The molecule has 1 aromatic carbocycles. The lowest BCUT2D eigenvalue weighted by molar-refractivity contribution is 0.0957. The Morgan fingerprint density at radius 1 is 1.27 bits per heavy atom. The summed E-state index contributed by atoms with van der Waals surface area (Å²) in [5, 5.41) is 14.9. The number of aliphatic hydroxyl groups excluding tert-OH is 1. The standard InChI is InChI=1S/C19H25NO3S.ClHO/c1-2-11-20-13-16(21)14-23-18-10-12-24-19(18)17(22)9-8-15-6-4-3-5-7-15;1-2/h3-7,10,12,16,20-21H,2,8-9,11,13-14H2,1H3;2H. The Hall–Kier alpha value is -1.44. The molecule has 3 N–H and O–H groups in total. The smallest absolute Gasteiger partial charge is 0.176 e. The predicted molar refractivity (Wildman–Crippen MR) is 106 cm³/mol. The number of carbonyl (C=O) groups is 1. The highest BCUT2D eigenvalue weighted by Gasteiger charge is 2.15. The highest BCUT2D eigenvalue weighted by molar-refractivity contribution is 7.12. The lowest BCUT2D eigenvalue weighted by Gasteiger charge is -2.13. The number of aliphatic hydroxyl groups is 1. The average Bonchev–Trinajstić information content (AvgIpc) is 3.16. The van der Waals surface area contributed by atoms with Crippen molar-refractivity contribution in [2.45, 2.75) is 32.3 Å². The van der Waals surface area contributed by atoms with Crippen LogP contribution in [-0.2, 0) is 6.42 Å². The molecule has 144 valence electrons. The Morgan fingerprint density at radius 2 is 2.00 bits per heavy atom. The van der Waals surface area contributed by atoms with Crippen LogP contribution < -0.4 is 10.1 Å². The monoisotopic (exact) mass is 399 g/mol. The van der Waals surface area contributed by atoms with Gasteiger partial charge in [-0.1, -0.05) is 37.3 Å². The quantitative estimate of drug-likeness (QED) is 0.398. The van der Waals surface area contributed by atoms with Crippen LogP contribution in [0.4, 0.5) is 0 Å². The van der Waals surface area contributed by atoms with Gasteiger partial charge in [0.05, 0.1) is 11.9 Å². The minimum absolute atomic E-state index is 0.0856. The third-order valence-corrected chi connectivity index (χ3v) is 4.54. The molecule has 2 aromatic rings. The van der Waals surface area contributed by atoms with Gasteiger partial charge in [0.2, 0.25) is 0 Å². The molecule has 26 heavy (non-hydrogen) atoms. The molecule has 0 aliphatic heterocycles. The summed E-state index contributed by atoms with van der Waals surface area (Å²) in [4.78, 5) is 13.0. The van der Waals surface area contributed by atoms with Crippen LogP contribution in [0.2, 0.25) is 0 Å². The molecular weight excluding hydrogens is 374 g/mol. The number of ether oxygens (including phenoxy) is 1. The number of nitrogens with one attached hydrogen (secondary N) is 1. The van der Waals surface area contributed by atoms with E-state index in [-0.39, 0.29) is 12.4 Å². The molecule has 7 heteroatoms. The van der Waals surface area contributed by atoms with Crippen molar-refractivity contribution in [3.63, 3.8) is 0 Å². The van der Waals surface area contributed by atoms with Crippen molar-refractivity contribution in [2.24, 2.45) is 0 Å². The van der Waals surface area contributed by atoms with Gasteiger partial charge in [0.15, 0.2) is 5.78 Å². The SMILES string of the molecule is CCCNCC(O)COc1ccsc1C(=O)CCc1ccccc1.OCl. The van der Waals surface area contributed by atoms with Crippen LogP contribution in [0.1, 0.15) is 35.0 Å². The van der Waals surface area contributed by atoms with Crippen molar-refractivity contribution in [2.75, 3.05) is 19.7 Å². The molecule has 0 amide bonds. The molecule has 0 aliphatic rings. The summed E-state index contributed by atoms with van der Waals surface area (Å²) in [6.45, 7) is 3.63. The van der Waals surface area contributed by atoms with Crippen LogP contribution in [0.5, 0.6) is 5.75 Å². The van der Waals surface area contributed by atoms with Gasteiger partial charge in [-0.25, -0.2) is 0 Å². The minimum Gasteiger partial charge on any atom is -0.489 e. The molecule has 1 aromatic heterocycles. The summed E-state index contributed by atoms with van der Waals surface area (Å²) < 4.78 is 12.1. The number of benzene rings is 1. The van der Waals surface area contributed by atoms with Crippen molar-refractivity contribution >= 4 is 29.0 Å². The molecule has 1 unspecified atom stereocenters. The first-order valence-electron chi connectivity index (χ1n) is 8.53. The van der Waals surface area contributed by atoms with E-state index in [1.54, 1.807) is 6.07 Å². The fourth-order valence-corrected chi connectivity index (χ4v) is 3.13. The maximum Gasteiger partial charge on any atom is 0.176 e. The number of aryl methyl sites for hydroxylation is 1. The van der Waals surface area contributed by atoms with E-state index in [1.807, 2.05) is 35.7 Å². The summed E-state index contributed by atoms with van der Waals surface area (Å²) in [6.07, 6.45) is 1.63. The molecule has 0 bridgehead atoms. The van der Waals surface area contributed by atoms with Crippen LogP contribution in [-0.4, -0.2) is 41.3 Å². The number of thiophene rings is 1. The topological polar surface area (TPSA) is 78.8 Å². The van der Waals surface area contributed by atoms with Crippen LogP contribution in [0, 0.1) is 0 Å². The van der Waals surface area contributed by atoms with Gasteiger partial charge in [0, 0.05) is 13.0 Å². The molecule has 1 heterocycles. The number of rotatable bonds is 11. The molecule has 2 rings (SSSR count). The Labute approximate surface area is 163 Å². The van der Waals surface area contributed by atoms with Gasteiger partial charge in [-0.3, -0.25) is 9.45 Å². The molecular formula is C19H26ClNO4S. The number of hydrogen-bond acceptors (Lipinski definition) is 6. The lowest BCUT2D eigenvalue weighted by Crippen LogP contribution is -2.31. The second kappa shape index (κ2) is 13.7. The number of halogens is 1. The summed E-state index contributed by atoms with van der Waals surface area (Å²) in [6, 6.07) is 11.8. The zero-order valence-electron chi connectivity index (χ0n) is 14.9. The largest absolute Gasteiger partial charge is 0.489 e.